The van der Waals surface area contributed by atoms with Crippen molar-refractivity contribution in [3.8, 4) is 5.75 Å². The van der Waals surface area contributed by atoms with E-state index in [2.05, 4.69) is 24.6 Å². The molecule has 0 spiro atoms. The van der Waals surface area contributed by atoms with Gasteiger partial charge in [-0.15, -0.1) is 0 Å². The van der Waals surface area contributed by atoms with Crippen molar-refractivity contribution in [1.29, 1.82) is 0 Å². The number of carboxylic acids is 1. The quantitative estimate of drug-likeness (QED) is 0.243. The lowest BCUT2D eigenvalue weighted by Gasteiger charge is -2.15. The van der Waals surface area contributed by atoms with E-state index < -0.39 is 11.9 Å². The van der Waals surface area contributed by atoms with Crippen molar-refractivity contribution >= 4 is 44.3 Å². The van der Waals surface area contributed by atoms with Gasteiger partial charge in [-0.05, 0) is 53.8 Å². The Morgan fingerprint density at radius 3 is 2.94 bits per heavy atom. The zero-order chi connectivity index (χ0) is 23.3. The van der Waals surface area contributed by atoms with Crippen LogP contribution in [0.5, 0.6) is 5.75 Å². The number of hydrogen-bond donors (Lipinski definition) is 3. The summed E-state index contributed by atoms with van der Waals surface area (Å²) in [6.07, 6.45) is 7.88. The highest BCUT2D eigenvalue weighted by molar-refractivity contribution is 7.13. The van der Waals surface area contributed by atoms with Gasteiger partial charge in [0.05, 0.1) is 29.6 Å². The summed E-state index contributed by atoms with van der Waals surface area (Å²) in [4.78, 5) is 23.8. The maximum absolute atomic E-state index is 11.7. The van der Waals surface area contributed by atoms with Crippen molar-refractivity contribution in [2.24, 2.45) is 0 Å². The first kappa shape index (κ1) is 21.8. The minimum absolute atomic E-state index is 0.0591. The van der Waals surface area contributed by atoms with Crippen LogP contribution in [0.2, 0.25) is 0 Å². The number of carbonyl (C=O) groups is 1. The predicted molar refractivity (Wildman–Crippen MR) is 133 cm³/mol. The number of hydrogen-bond acceptors (Lipinski definition) is 7. The number of benzene rings is 1. The predicted octanol–water partition coefficient (Wildman–Crippen LogP) is 5.06. The Morgan fingerprint density at radius 2 is 2.09 bits per heavy atom. The second kappa shape index (κ2) is 9.88. The summed E-state index contributed by atoms with van der Waals surface area (Å²) in [6, 6.07) is 13.5. The number of rotatable bonds is 10. The van der Waals surface area contributed by atoms with E-state index >= 15 is 0 Å². The number of carboxylic acid groups (broad SMARTS) is 1. The minimum atomic E-state index is -0.874. The smallest absolute Gasteiger partial charge is 0.304 e. The van der Waals surface area contributed by atoms with Gasteiger partial charge in [0, 0.05) is 53.4 Å². The average Bonchev–Trinajstić information content (AvgIpc) is 3.50. The Hall–Kier alpha value is -3.98. The van der Waals surface area contributed by atoms with Gasteiger partial charge in [0.1, 0.15) is 11.6 Å². The maximum Gasteiger partial charge on any atom is 0.304 e. The van der Waals surface area contributed by atoms with E-state index in [9.17, 15) is 9.90 Å². The lowest BCUT2D eigenvalue weighted by molar-refractivity contribution is -0.137. The van der Waals surface area contributed by atoms with Crippen molar-refractivity contribution in [3.63, 3.8) is 0 Å². The molecule has 1 atom stereocenters. The molecule has 4 heterocycles. The molecule has 1 aromatic carbocycles. The fraction of sp³-hybridized carbons (Fsp3) is 0.200. The maximum atomic E-state index is 11.7. The standard InChI is InChI=1S/C25H23N5O3S/c31-24(32)13-18(25-20-15-30-34-22(20)7-10-28-25)19-14-29-21-12-16(5-6-17(19)21)33-11-3-9-27-23-4-1-2-8-26-23/h1-2,4-8,10,12,14-15,18,29H,3,9,11,13H2,(H,26,27)(H,31,32). The van der Waals surface area contributed by atoms with Crippen LogP contribution >= 0.6 is 11.5 Å². The molecule has 5 rings (SSSR count). The number of H-pyrrole nitrogens is 1. The van der Waals surface area contributed by atoms with Crippen molar-refractivity contribution in [3.05, 3.63) is 78.5 Å². The minimum Gasteiger partial charge on any atom is -0.493 e. The summed E-state index contributed by atoms with van der Waals surface area (Å²) in [5, 5.41) is 14.7. The first-order chi connectivity index (χ1) is 16.7. The molecule has 5 aromatic rings. The lowest BCUT2D eigenvalue weighted by atomic mass is 9.90. The van der Waals surface area contributed by atoms with E-state index in [1.807, 2.05) is 48.7 Å². The highest BCUT2D eigenvalue weighted by Crippen LogP contribution is 2.37. The van der Waals surface area contributed by atoms with Gasteiger partial charge >= 0.3 is 5.97 Å². The summed E-state index contributed by atoms with van der Waals surface area (Å²) < 4.78 is 11.2. The molecule has 0 aliphatic rings. The van der Waals surface area contributed by atoms with Gasteiger partial charge in [-0.2, -0.15) is 4.37 Å². The summed E-state index contributed by atoms with van der Waals surface area (Å²) in [6.45, 7) is 1.33. The summed E-state index contributed by atoms with van der Waals surface area (Å²) >= 11 is 1.38. The van der Waals surface area contributed by atoms with Crippen molar-refractivity contribution in [1.82, 2.24) is 19.3 Å². The van der Waals surface area contributed by atoms with Crippen LogP contribution in [0.4, 0.5) is 5.82 Å². The molecule has 0 saturated carbocycles. The number of aromatic amines is 1. The number of nitrogens with one attached hydrogen (secondary N) is 2. The molecule has 0 aliphatic heterocycles. The number of ether oxygens (including phenoxy) is 1. The normalized spacial score (nSPS) is 12.1. The topological polar surface area (TPSA) is 113 Å². The van der Waals surface area contributed by atoms with E-state index in [-0.39, 0.29) is 6.42 Å². The molecule has 0 saturated heterocycles. The van der Waals surface area contributed by atoms with E-state index in [1.165, 1.54) is 11.5 Å². The monoisotopic (exact) mass is 473 g/mol. The second-order valence-electron chi connectivity index (χ2n) is 7.88. The molecule has 4 aromatic heterocycles. The van der Waals surface area contributed by atoms with Crippen molar-refractivity contribution < 1.29 is 14.6 Å². The van der Waals surface area contributed by atoms with E-state index in [1.54, 1.807) is 18.6 Å². The first-order valence-electron chi connectivity index (χ1n) is 11.0. The van der Waals surface area contributed by atoms with Crippen LogP contribution < -0.4 is 10.1 Å². The van der Waals surface area contributed by atoms with Gasteiger partial charge in [0.15, 0.2) is 0 Å². The molecule has 0 fully saturated rings. The molecular weight excluding hydrogens is 450 g/mol. The molecule has 34 heavy (non-hydrogen) atoms. The molecule has 0 bridgehead atoms. The fourth-order valence-electron chi connectivity index (χ4n) is 4.07. The molecule has 172 valence electrons. The SMILES string of the molecule is O=C(O)CC(c1c[nH]c2cc(OCCCNc3ccccn3)ccc12)c1nccc2sncc12. The Bertz CT molecular complexity index is 1420. The van der Waals surface area contributed by atoms with Gasteiger partial charge in [0.25, 0.3) is 0 Å². The Labute approximate surface area is 199 Å². The number of fused-ring (bicyclic) bond motifs is 2. The third-order valence-corrected chi connectivity index (χ3v) is 6.41. The molecule has 1 unspecified atom stereocenters. The van der Waals surface area contributed by atoms with Crippen LogP contribution in [0.1, 0.15) is 30.0 Å². The van der Waals surface area contributed by atoms with Crippen LogP contribution in [0.3, 0.4) is 0 Å². The van der Waals surface area contributed by atoms with Crippen LogP contribution in [0.25, 0.3) is 21.0 Å². The summed E-state index contributed by atoms with van der Waals surface area (Å²) in [5.74, 6) is 0.342. The molecule has 0 radical (unpaired) electrons. The summed E-state index contributed by atoms with van der Waals surface area (Å²) in [7, 11) is 0. The van der Waals surface area contributed by atoms with Gasteiger partial charge < -0.3 is 20.1 Å². The van der Waals surface area contributed by atoms with E-state index in [4.69, 9.17) is 4.74 Å². The van der Waals surface area contributed by atoms with Gasteiger partial charge in [-0.25, -0.2) is 4.98 Å². The third-order valence-electron chi connectivity index (χ3n) is 5.64. The zero-order valence-electron chi connectivity index (χ0n) is 18.3. The first-order valence-corrected chi connectivity index (χ1v) is 11.8. The number of pyridine rings is 2. The van der Waals surface area contributed by atoms with Crippen LogP contribution in [-0.4, -0.2) is 43.6 Å². The molecule has 0 amide bonds. The van der Waals surface area contributed by atoms with Gasteiger partial charge in [0.2, 0.25) is 0 Å². The highest BCUT2D eigenvalue weighted by atomic mass is 32.1. The van der Waals surface area contributed by atoms with Crippen molar-refractivity contribution in [2.75, 3.05) is 18.5 Å². The number of aliphatic carboxylic acids is 1. The number of anilines is 1. The summed E-state index contributed by atoms with van der Waals surface area (Å²) in [5.41, 5.74) is 2.52. The number of nitrogens with zero attached hydrogens (tertiary/aromatic N) is 3. The van der Waals surface area contributed by atoms with Crippen LogP contribution in [-0.2, 0) is 4.79 Å². The molecule has 9 heteroatoms. The fourth-order valence-corrected chi connectivity index (χ4v) is 4.72. The van der Waals surface area contributed by atoms with E-state index in [0.717, 1.165) is 56.8 Å². The largest absolute Gasteiger partial charge is 0.493 e. The molecule has 3 N–H and O–H groups in total. The Kier molecular flexibility index (Phi) is 6.35. The van der Waals surface area contributed by atoms with Crippen molar-refractivity contribution in [2.45, 2.75) is 18.8 Å². The van der Waals surface area contributed by atoms with Gasteiger partial charge in [-0.1, -0.05) is 6.07 Å². The zero-order valence-corrected chi connectivity index (χ0v) is 19.1. The van der Waals surface area contributed by atoms with E-state index in [0.29, 0.717) is 6.61 Å². The molecule has 8 nitrogen and oxygen atoms in total. The van der Waals surface area contributed by atoms with Crippen LogP contribution in [0.15, 0.2) is 67.3 Å². The lowest BCUT2D eigenvalue weighted by Crippen LogP contribution is -2.09. The van der Waals surface area contributed by atoms with Gasteiger partial charge in [-0.3, -0.25) is 9.78 Å². The average molecular weight is 474 g/mol. The highest BCUT2D eigenvalue weighted by Gasteiger charge is 2.25. The Morgan fingerprint density at radius 1 is 1.15 bits per heavy atom. The third kappa shape index (κ3) is 4.69. The molecular formula is C25H23N5O3S. The van der Waals surface area contributed by atoms with Crippen LogP contribution in [0, 0.1) is 0 Å². The molecule has 0 aliphatic carbocycles. The second-order valence-corrected chi connectivity index (χ2v) is 8.71. The Balaban J connectivity index is 1.32. The number of aromatic nitrogens is 4.